The summed E-state index contributed by atoms with van der Waals surface area (Å²) in [7, 11) is 0. The third-order valence-corrected chi connectivity index (χ3v) is 4.38. The fourth-order valence-corrected chi connectivity index (χ4v) is 3.01. The van der Waals surface area contributed by atoms with Crippen LogP contribution >= 0.6 is 0 Å². The van der Waals surface area contributed by atoms with Gasteiger partial charge in [-0.3, -0.25) is 4.79 Å². The van der Waals surface area contributed by atoms with Gasteiger partial charge in [0.25, 0.3) is 5.91 Å². The summed E-state index contributed by atoms with van der Waals surface area (Å²) in [4.78, 5) is 25.5. The van der Waals surface area contributed by atoms with Crippen molar-refractivity contribution in [2.45, 2.75) is 13.0 Å². The molecule has 2 aromatic rings. The minimum atomic E-state index is -0.280. The van der Waals surface area contributed by atoms with Gasteiger partial charge in [0, 0.05) is 24.2 Å². The first-order chi connectivity index (χ1) is 12.2. The van der Waals surface area contributed by atoms with Gasteiger partial charge in [0.15, 0.2) is 0 Å². The van der Waals surface area contributed by atoms with Crippen LogP contribution in [0, 0.1) is 0 Å². The Balaban J connectivity index is 1.40. The van der Waals surface area contributed by atoms with Crippen LogP contribution in [0.25, 0.3) is 0 Å². The third kappa shape index (κ3) is 3.28. The van der Waals surface area contributed by atoms with Gasteiger partial charge in [-0.2, -0.15) is 0 Å². The highest BCUT2D eigenvalue weighted by Gasteiger charge is 2.21. The molecule has 4 rings (SSSR count). The second-order valence-corrected chi connectivity index (χ2v) is 6.11. The maximum absolute atomic E-state index is 12.4. The molecule has 0 aromatic heterocycles. The maximum atomic E-state index is 12.4. The molecule has 0 unspecified atom stereocenters. The Labute approximate surface area is 145 Å². The van der Waals surface area contributed by atoms with Gasteiger partial charge in [0.1, 0.15) is 12.4 Å². The molecule has 2 aliphatic heterocycles. The Morgan fingerprint density at radius 2 is 1.92 bits per heavy atom. The molecule has 2 heterocycles. The van der Waals surface area contributed by atoms with Gasteiger partial charge >= 0.3 is 6.09 Å². The van der Waals surface area contributed by atoms with Gasteiger partial charge in [-0.25, -0.2) is 4.79 Å². The number of benzene rings is 2. The molecule has 0 atom stereocenters. The molecule has 2 aromatic carbocycles. The van der Waals surface area contributed by atoms with E-state index in [0.717, 1.165) is 29.0 Å². The van der Waals surface area contributed by atoms with Crippen LogP contribution in [0.3, 0.4) is 0 Å². The summed E-state index contributed by atoms with van der Waals surface area (Å²) in [6.07, 6.45) is 0.558. The summed E-state index contributed by atoms with van der Waals surface area (Å²) in [5, 5.41) is 2.89. The van der Waals surface area contributed by atoms with Crippen molar-refractivity contribution < 1.29 is 19.1 Å². The van der Waals surface area contributed by atoms with Crippen LogP contribution in [-0.2, 0) is 17.7 Å². The third-order valence-electron chi connectivity index (χ3n) is 4.38. The summed E-state index contributed by atoms with van der Waals surface area (Å²) in [5.74, 6) is 0.715. The van der Waals surface area contributed by atoms with Crippen molar-refractivity contribution in [2.24, 2.45) is 0 Å². The Bertz CT molecular complexity index is 817. The van der Waals surface area contributed by atoms with E-state index in [-0.39, 0.29) is 12.0 Å². The average molecular weight is 338 g/mol. The van der Waals surface area contributed by atoms with Crippen LogP contribution < -0.4 is 10.1 Å². The number of anilines is 1. The normalized spacial score (nSPS) is 15.5. The number of hydrogen-bond donors (Lipinski definition) is 1. The van der Waals surface area contributed by atoms with Crippen molar-refractivity contribution in [3.8, 4) is 5.75 Å². The van der Waals surface area contributed by atoms with Crippen molar-refractivity contribution in [1.29, 1.82) is 0 Å². The maximum Gasteiger partial charge on any atom is 0.410 e. The fourth-order valence-electron chi connectivity index (χ4n) is 3.01. The zero-order valence-corrected chi connectivity index (χ0v) is 13.7. The van der Waals surface area contributed by atoms with Crippen LogP contribution in [0.15, 0.2) is 42.5 Å². The summed E-state index contributed by atoms with van der Waals surface area (Å²) in [6, 6.07) is 13.0. The van der Waals surface area contributed by atoms with E-state index in [4.69, 9.17) is 9.47 Å². The fraction of sp³-hybridized carbons (Fsp3) is 0.263. The van der Waals surface area contributed by atoms with Crippen LogP contribution in [0.2, 0.25) is 0 Å². The molecule has 2 amide bonds. The number of ether oxygens (including phenoxy) is 2. The summed E-state index contributed by atoms with van der Waals surface area (Å²) >= 11 is 0. The van der Waals surface area contributed by atoms with Crippen LogP contribution in [0.4, 0.5) is 10.5 Å². The number of fused-ring (bicyclic) bond motifs is 1. The largest absolute Gasteiger partial charge is 0.493 e. The highest BCUT2D eigenvalue weighted by molar-refractivity contribution is 6.04. The van der Waals surface area contributed by atoms with Gasteiger partial charge in [-0.05, 0) is 41.5 Å². The van der Waals surface area contributed by atoms with E-state index in [1.807, 2.05) is 36.4 Å². The number of carbonyl (C=O) groups excluding carboxylic acids is 2. The molecule has 0 bridgehead atoms. The number of carbonyl (C=O) groups is 2. The number of rotatable bonds is 4. The highest BCUT2D eigenvalue weighted by Crippen LogP contribution is 2.26. The lowest BCUT2D eigenvalue weighted by molar-refractivity contribution is 0.102. The monoisotopic (exact) mass is 338 g/mol. The van der Waals surface area contributed by atoms with E-state index in [9.17, 15) is 9.59 Å². The van der Waals surface area contributed by atoms with E-state index < -0.39 is 0 Å². The van der Waals surface area contributed by atoms with Gasteiger partial charge in [0.2, 0.25) is 0 Å². The van der Waals surface area contributed by atoms with Crippen molar-refractivity contribution >= 4 is 17.7 Å². The van der Waals surface area contributed by atoms with Crippen molar-refractivity contribution in [3.63, 3.8) is 0 Å². The van der Waals surface area contributed by atoms with Gasteiger partial charge in [-0.15, -0.1) is 0 Å². The molecule has 128 valence electrons. The van der Waals surface area contributed by atoms with Crippen LogP contribution in [-0.4, -0.2) is 36.7 Å². The first-order valence-corrected chi connectivity index (χ1v) is 8.27. The molecule has 25 heavy (non-hydrogen) atoms. The van der Waals surface area contributed by atoms with E-state index in [1.54, 1.807) is 11.0 Å². The number of nitrogens with zero attached hydrogens (tertiary/aromatic N) is 1. The SMILES string of the molecule is O=C(Nc1ccc(CN2CCOC2=O)cc1)c1ccc2c(c1)CCO2. The zero-order valence-electron chi connectivity index (χ0n) is 13.7. The summed E-state index contributed by atoms with van der Waals surface area (Å²) in [6.45, 7) is 2.24. The number of hydrogen-bond acceptors (Lipinski definition) is 4. The van der Waals surface area contributed by atoms with E-state index in [1.165, 1.54) is 0 Å². The molecule has 1 N–H and O–H groups in total. The molecule has 0 saturated carbocycles. The van der Waals surface area contributed by atoms with Crippen LogP contribution in [0.5, 0.6) is 5.75 Å². The number of amides is 2. The standard InChI is InChI=1S/C19H18N2O4/c22-18(15-3-6-17-14(11-15)7-9-24-17)20-16-4-1-13(2-5-16)12-21-8-10-25-19(21)23/h1-6,11H,7-10,12H2,(H,20,22). The second kappa shape index (κ2) is 6.47. The predicted molar refractivity (Wildman–Crippen MR) is 91.8 cm³/mol. The van der Waals surface area contributed by atoms with Crippen molar-refractivity contribution in [3.05, 3.63) is 59.2 Å². The highest BCUT2D eigenvalue weighted by atomic mass is 16.6. The Morgan fingerprint density at radius 3 is 2.68 bits per heavy atom. The van der Waals surface area contributed by atoms with E-state index >= 15 is 0 Å². The smallest absolute Gasteiger partial charge is 0.410 e. The predicted octanol–water partition coefficient (Wildman–Crippen LogP) is 2.83. The lowest BCUT2D eigenvalue weighted by Crippen LogP contribution is -2.23. The minimum Gasteiger partial charge on any atom is -0.493 e. The second-order valence-electron chi connectivity index (χ2n) is 6.11. The number of nitrogens with one attached hydrogen (secondary N) is 1. The summed E-state index contributed by atoms with van der Waals surface area (Å²) in [5.41, 5.74) is 3.40. The Kier molecular flexibility index (Phi) is 4.01. The quantitative estimate of drug-likeness (QED) is 0.931. The van der Waals surface area contributed by atoms with Crippen molar-refractivity contribution in [2.75, 3.05) is 25.1 Å². The summed E-state index contributed by atoms with van der Waals surface area (Å²) < 4.78 is 10.4. The molecular formula is C19H18N2O4. The molecule has 6 nitrogen and oxygen atoms in total. The van der Waals surface area contributed by atoms with Gasteiger partial charge in [0.05, 0.1) is 13.2 Å². The Hall–Kier alpha value is -3.02. The zero-order chi connectivity index (χ0) is 17.2. The molecule has 1 saturated heterocycles. The molecule has 6 heteroatoms. The lowest BCUT2D eigenvalue weighted by Gasteiger charge is -2.13. The lowest BCUT2D eigenvalue weighted by atomic mass is 10.1. The minimum absolute atomic E-state index is 0.148. The topological polar surface area (TPSA) is 67.9 Å². The molecule has 0 radical (unpaired) electrons. The Morgan fingerprint density at radius 1 is 1.08 bits per heavy atom. The first-order valence-electron chi connectivity index (χ1n) is 8.27. The average Bonchev–Trinajstić information content (AvgIpc) is 3.25. The molecule has 1 fully saturated rings. The molecule has 0 aliphatic carbocycles. The number of cyclic esters (lactones) is 1. The van der Waals surface area contributed by atoms with E-state index in [2.05, 4.69) is 5.32 Å². The molecule has 2 aliphatic rings. The van der Waals surface area contributed by atoms with Crippen LogP contribution in [0.1, 0.15) is 21.5 Å². The first kappa shape index (κ1) is 15.5. The molecular weight excluding hydrogens is 320 g/mol. The van der Waals surface area contributed by atoms with Gasteiger partial charge < -0.3 is 19.7 Å². The van der Waals surface area contributed by atoms with Gasteiger partial charge in [-0.1, -0.05) is 12.1 Å². The van der Waals surface area contributed by atoms with E-state index in [0.29, 0.717) is 31.9 Å². The van der Waals surface area contributed by atoms with Crippen molar-refractivity contribution in [1.82, 2.24) is 4.90 Å². The molecule has 0 spiro atoms.